The van der Waals surface area contributed by atoms with E-state index >= 15 is 0 Å². The number of pyridine rings is 1. The van der Waals surface area contributed by atoms with E-state index in [9.17, 15) is 4.39 Å². The van der Waals surface area contributed by atoms with Crippen LogP contribution in [0.2, 0.25) is 0 Å². The van der Waals surface area contributed by atoms with Crippen molar-refractivity contribution in [2.75, 3.05) is 0 Å². The van der Waals surface area contributed by atoms with Gasteiger partial charge in [-0.3, -0.25) is 0 Å². The van der Waals surface area contributed by atoms with E-state index < -0.39 is 13.5 Å². The summed E-state index contributed by atoms with van der Waals surface area (Å²) in [5, 5.41) is 0. The van der Waals surface area contributed by atoms with Gasteiger partial charge in [-0.25, -0.2) is 4.57 Å². The van der Waals surface area contributed by atoms with Crippen molar-refractivity contribution < 1.29 is 22.6 Å². The molecule has 4 rings (SSSR count). The van der Waals surface area contributed by atoms with Gasteiger partial charge in [-0.15, -0.1) is 4.39 Å². The Balaban J connectivity index is 0.000000233. The zero-order chi connectivity index (χ0) is 27.3. The predicted octanol–water partition coefficient (Wildman–Crippen LogP) is 8.98. The average Bonchev–Trinajstić information content (AvgIpc) is 3.24. The molecule has 0 aliphatic carbocycles. The number of hydrogen-bond acceptors (Lipinski definition) is 0. The Morgan fingerprint density at radius 3 is 2.24 bits per heavy atom. The van der Waals surface area contributed by atoms with Crippen molar-refractivity contribution >= 4 is 29.5 Å². The summed E-state index contributed by atoms with van der Waals surface area (Å²) in [6.45, 7) is 14.7. The van der Waals surface area contributed by atoms with Crippen LogP contribution in [0.3, 0.4) is 0 Å². The van der Waals surface area contributed by atoms with Crippen LogP contribution in [0.4, 0.5) is 4.39 Å². The molecule has 0 spiro atoms. The normalized spacial score (nSPS) is 11.9. The Bertz CT molecular complexity index is 1390. The molecule has 0 saturated heterocycles. The van der Waals surface area contributed by atoms with Crippen LogP contribution in [0.15, 0.2) is 73.2 Å². The third-order valence-corrected chi connectivity index (χ3v) is 7.65. The van der Waals surface area contributed by atoms with Gasteiger partial charge in [0.1, 0.15) is 11.9 Å². The van der Waals surface area contributed by atoms with Crippen molar-refractivity contribution in [2.24, 2.45) is 0 Å². The van der Waals surface area contributed by atoms with Crippen LogP contribution in [0.1, 0.15) is 71.1 Å². The van der Waals surface area contributed by atoms with E-state index in [1.54, 1.807) is 10.5 Å². The third kappa shape index (κ3) is 7.96. The number of aliphatic hydroxyl groups is 1. The van der Waals surface area contributed by atoms with Crippen molar-refractivity contribution in [2.45, 2.75) is 65.9 Å². The van der Waals surface area contributed by atoms with Gasteiger partial charge in [0.15, 0.2) is 11.8 Å². The number of ether oxygens (including phenoxy) is 1. The third-order valence-electron chi connectivity index (χ3n) is 5.82. The van der Waals surface area contributed by atoms with Gasteiger partial charge < -0.3 is 0 Å². The number of halogens is 3. The Kier molecular flexibility index (Phi) is 10.1. The Hall–Kier alpha value is -2.07. The minimum absolute atomic E-state index is 0.0759. The Morgan fingerprint density at radius 1 is 0.973 bits per heavy atom. The van der Waals surface area contributed by atoms with Crippen molar-refractivity contribution in [3.63, 3.8) is 0 Å². The summed E-state index contributed by atoms with van der Waals surface area (Å²) < 4.78 is 24.5. The summed E-state index contributed by atoms with van der Waals surface area (Å²) in [5.74, 6) is 1.16. The predicted molar refractivity (Wildman–Crippen MR) is 154 cm³/mol. The Morgan fingerprint density at radius 2 is 1.62 bits per heavy atom. The largest absolute Gasteiger partial charge is 0.265 e. The standard InChI is InChI=1S/C20H24FN2.C10H12O.2ClH.Ru/c1-14(2)17-8-6-7-9-18(17)22-12-16-10-15(20(3,4)5)11-19(21)23(16)13-22;1-8(2)11-10-7-5-4-6-9(10)3;;;/h6-14H,1-5H3;3-8H,1-2H3;2*1H;/q+1;;;;+2/p-1. The zero-order valence-corrected chi connectivity index (χ0v) is 25.7. The minimum atomic E-state index is -1.75. The molecule has 0 saturated carbocycles. The number of fused-ring (bicyclic) bond motifs is 1. The molecule has 4 aromatic rings. The molecule has 200 valence electrons. The first-order valence-corrected chi connectivity index (χ1v) is 17.8. The molecule has 3 nitrogen and oxygen atoms in total. The van der Waals surface area contributed by atoms with E-state index in [4.69, 9.17) is 19.4 Å². The molecular formula is C30H37Cl2FN2ORu+2. The van der Waals surface area contributed by atoms with Crippen molar-refractivity contribution in [1.29, 1.82) is 0 Å². The Labute approximate surface area is 233 Å². The second kappa shape index (κ2) is 12.7. The SMILES string of the molecule is CC(C)[OH+]c1ccccc1[CH]=[Ru]([Cl])[Cl].CC(C)c1ccccc1-n1cc2cc(C(C)(C)C)cc(F)n2[cH+]1. The van der Waals surface area contributed by atoms with Gasteiger partial charge in [0.25, 0.3) is 5.95 Å². The van der Waals surface area contributed by atoms with Crippen molar-refractivity contribution in [3.05, 3.63) is 95.8 Å². The topological polar surface area (TPSA) is 22.1 Å². The van der Waals surface area contributed by atoms with Crippen LogP contribution in [0.5, 0.6) is 5.75 Å². The monoisotopic (exact) mass is 632 g/mol. The van der Waals surface area contributed by atoms with Crippen LogP contribution in [0.25, 0.3) is 11.2 Å². The summed E-state index contributed by atoms with van der Waals surface area (Å²) in [5.41, 5.74) is 5.20. The van der Waals surface area contributed by atoms with Crippen LogP contribution in [-0.4, -0.2) is 24.4 Å². The number of benzene rings is 2. The fourth-order valence-electron chi connectivity index (χ4n) is 3.94. The summed E-state index contributed by atoms with van der Waals surface area (Å²) in [6.07, 6.45) is 4.11. The summed E-state index contributed by atoms with van der Waals surface area (Å²) in [6, 6.07) is 19.9. The molecule has 1 N–H and O–H groups in total. The quantitative estimate of drug-likeness (QED) is 0.0908. The number of para-hydroxylation sites is 2. The maximum atomic E-state index is 14.5. The van der Waals surface area contributed by atoms with Crippen LogP contribution >= 0.6 is 19.4 Å². The van der Waals surface area contributed by atoms with E-state index in [2.05, 4.69) is 57.6 Å². The molecular weight excluding hydrogens is 595 g/mol. The molecule has 7 heteroatoms. The summed E-state index contributed by atoms with van der Waals surface area (Å²) in [7, 11) is 11.7. The second-order valence-electron chi connectivity index (χ2n) is 10.6. The molecule has 37 heavy (non-hydrogen) atoms. The zero-order valence-electron chi connectivity index (χ0n) is 22.5. The first kappa shape index (κ1) is 29.5. The molecule has 0 radical (unpaired) electrons. The first-order chi connectivity index (χ1) is 17.4. The molecule has 0 bridgehead atoms. The van der Waals surface area contributed by atoms with E-state index in [1.807, 2.05) is 71.9 Å². The van der Waals surface area contributed by atoms with Crippen molar-refractivity contribution in [3.8, 4) is 11.4 Å². The maximum Gasteiger partial charge on any atom is 0.265 e. The molecule has 2 aromatic heterocycles. The number of hydrogen-bond donors (Lipinski definition) is 0. The van der Waals surface area contributed by atoms with E-state index in [1.165, 1.54) is 5.56 Å². The van der Waals surface area contributed by atoms with Gasteiger partial charge in [0.2, 0.25) is 0 Å². The van der Waals surface area contributed by atoms with Gasteiger partial charge in [-0.05, 0) is 29.0 Å². The van der Waals surface area contributed by atoms with Crippen LogP contribution in [0, 0.1) is 5.95 Å². The summed E-state index contributed by atoms with van der Waals surface area (Å²) in [4.78, 5) is 0. The molecule has 0 aliphatic rings. The maximum absolute atomic E-state index is 14.5. The minimum Gasteiger partial charge on any atom is -0.206 e. The molecule has 2 aromatic carbocycles. The summed E-state index contributed by atoms with van der Waals surface area (Å²) >= 11 is -1.75. The fourth-order valence-corrected chi connectivity index (χ4v) is 5.76. The van der Waals surface area contributed by atoms with Crippen LogP contribution < -0.4 is 0 Å². The average molecular weight is 633 g/mol. The van der Waals surface area contributed by atoms with E-state index in [-0.39, 0.29) is 17.5 Å². The number of rotatable bonds is 5. The van der Waals surface area contributed by atoms with E-state index in [0.717, 1.165) is 28.1 Å². The van der Waals surface area contributed by atoms with Crippen molar-refractivity contribution in [1.82, 2.24) is 8.97 Å². The molecule has 0 fully saturated rings. The smallest absolute Gasteiger partial charge is 0.206 e. The molecule has 0 atom stereocenters. The number of aromatic nitrogens is 2. The molecule has 0 aliphatic heterocycles. The first-order valence-electron chi connectivity index (χ1n) is 12.3. The number of aromatic hydroxyl groups is 1. The number of nitrogens with zero attached hydrogens (tertiary/aromatic N) is 2. The van der Waals surface area contributed by atoms with Gasteiger partial charge >= 0.3 is 97.8 Å². The second-order valence-corrected chi connectivity index (χ2v) is 16.3. The van der Waals surface area contributed by atoms with Crippen LogP contribution in [-0.2, 0) is 18.9 Å². The van der Waals surface area contributed by atoms with Gasteiger partial charge in [0.05, 0.1) is 0 Å². The van der Waals surface area contributed by atoms with Gasteiger partial charge in [-0.2, -0.15) is 4.40 Å². The van der Waals surface area contributed by atoms with Gasteiger partial charge in [0, 0.05) is 17.7 Å². The van der Waals surface area contributed by atoms with E-state index in [0.29, 0.717) is 5.92 Å². The molecule has 2 heterocycles. The molecule has 0 unspecified atom stereocenters. The fraction of sp³-hybridized carbons (Fsp3) is 0.333. The number of imidazole rings is 1. The van der Waals surface area contributed by atoms with Gasteiger partial charge in [-0.1, -0.05) is 46.8 Å². The molecule has 0 amide bonds.